The SMILES string of the molecule is O=C(Nc1ccc(Cl)c2cccnc12)[C@@H]1Cc2ccccc2O1. The standard InChI is InChI=1S/C18H13ClN2O2/c19-13-7-8-14(17-12(13)5-3-9-20-17)21-18(22)16-10-11-4-1-2-6-15(11)23-16/h1-9,16H,10H2,(H,21,22)/t16-/m0/s1. The van der Waals surface area contributed by atoms with E-state index in [-0.39, 0.29) is 5.91 Å². The van der Waals surface area contributed by atoms with Crippen molar-refractivity contribution in [2.24, 2.45) is 0 Å². The number of anilines is 1. The first-order valence-electron chi connectivity index (χ1n) is 7.31. The molecule has 1 aliphatic rings. The third-order valence-electron chi connectivity index (χ3n) is 3.91. The normalized spacial score (nSPS) is 16.0. The number of nitrogens with one attached hydrogen (secondary N) is 1. The van der Waals surface area contributed by atoms with Gasteiger partial charge in [-0.2, -0.15) is 0 Å². The molecule has 0 saturated carbocycles. The van der Waals surface area contributed by atoms with Crippen LogP contribution in [0.25, 0.3) is 10.9 Å². The lowest BCUT2D eigenvalue weighted by molar-refractivity contribution is -0.122. The van der Waals surface area contributed by atoms with E-state index in [0.29, 0.717) is 22.6 Å². The predicted octanol–water partition coefficient (Wildman–Crippen LogP) is 3.83. The number of aromatic nitrogens is 1. The fraction of sp³-hybridized carbons (Fsp3) is 0.111. The zero-order chi connectivity index (χ0) is 15.8. The van der Waals surface area contributed by atoms with Crippen LogP contribution < -0.4 is 10.1 Å². The minimum Gasteiger partial charge on any atom is -0.480 e. The van der Waals surface area contributed by atoms with Crippen LogP contribution in [-0.2, 0) is 11.2 Å². The Morgan fingerprint density at radius 2 is 2.04 bits per heavy atom. The molecule has 114 valence electrons. The number of benzene rings is 2. The maximum absolute atomic E-state index is 12.5. The molecule has 0 radical (unpaired) electrons. The minimum absolute atomic E-state index is 0.185. The number of carbonyl (C=O) groups is 1. The lowest BCUT2D eigenvalue weighted by Gasteiger charge is -2.13. The Labute approximate surface area is 138 Å². The first kappa shape index (κ1) is 14.0. The molecule has 0 unspecified atom stereocenters. The average Bonchev–Trinajstić information content (AvgIpc) is 3.02. The number of hydrogen-bond donors (Lipinski definition) is 1. The van der Waals surface area contributed by atoms with E-state index >= 15 is 0 Å². The van der Waals surface area contributed by atoms with E-state index in [1.807, 2.05) is 36.4 Å². The Hall–Kier alpha value is -2.59. The number of ether oxygens (including phenoxy) is 1. The highest BCUT2D eigenvalue weighted by atomic mass is 35.5. The molecule has 5 heteroatoms. The molecule has 0 fully saturated rings. The van der Waals surface area contributed by atoms with Crippen LogP contribution in [0.1, 0.15) is 5.56 Å². The molecule has 1 aliphatic heterocycles. The number of carbonyl (C=O) groups excluding carboxylic acids is 1. The van der Waals surface area contributed by atoms with Crippen LogP contribution in [0.15, 0.2) is 54.7 Å². The lowest BCUT2D eigenvalue weighted by Crippen LogP contribution is -2.31. The van der Waals surface area contributed by atoms with Gasteiger partial charge in [0, 0.05) is 18.0 Å². The topological polar surface area (TPSA) is 51.2 Å². The molecular weight excluding hydrogens is 312 g/mol. The van der Waals surface area contributed by atoms with Crippen molar-refractivity contribution in [2.75, 3.05) is 5.32 Å². The third kappa shape index (κ3) is 2.51. The van der Waals surface area contributed by atoms with Gasteiger partial charge in [0.2, 0.25) is 0 Å². The summed E-state index contributed by atoms with van der Waals surface area (Å²) in [5, 5.41) is 4.32. The number of halogens is 1. The first-order chi connectivity index (χ1) is 11.2. The molecule has 3 aromatic rings. The maximum atomic E-state index is 12.5. The Morgan fingerprint density at radius 3 is 2.91 bits per heavy atom. The smallest absolute Gasteiger partial charge is 0.265 e. The number of nitrogens with zero attached hydrogens (tertiary/aromatic N) is 1. The third-order valence-corrected chi connectivity index (χ3v) is 4.24. The summed E-state index contributed by atoms with van der Waals surface area (Å²) in [7, 11) is 0. The molecule has 0 aliphatic carbocycles. The molecule has 1 N–H and O–H groups in total. The van der Waals surface area contributed by atoms with Crippen molar-refractivity contribution >= 4 is 34.1 Å². The highest BCUT2D eigenvalue weighted by Gasteiger charge is 2.29. The van der Waals surface area contributed by atoms with Gasteiger partial charge < -0.3 is 10.1 Å². The second-order valence-electron chi connectivity index (χ2n) is 5.40. The van der Waals surface area contributed by atoms with Crippen LogP contribution in [0.5, 0.6) is 5.75 Å². The van der Waals surface area contributed by atoms with E-state index in [0.717, 1.165) is 16.7 Å². The molecule has 23 heavy (non-hydrogen) atoms. The van der Waals surface area contributed by atoms with Gasteiger partial charge in [-0.25, -0.2) is 0 Å². The van der Waals surface area contributed by atoms with Gasteiger partial charge in [0.15, 0.2) is 6.10 Å². The summed E-state index contributed by atoms with van der Waals surface area (Å²) in [5.74, 6) is 0.585. The Morgan fingerprint density at radius 1 is 1.17 bits per heavy atom. The van der Waals surface area contributed by atoms with Gasteiger partial charge >= 0.3 is 0 Å². The van der Waals surface area contributed by atoms with Gasteiger partial charge in [-0.3, -0.25) is 9.78 Å². The monoisotopic (exact) mass is 324 g/mol. The van der Waals surface area contributed by atoms with E-state index in [9.17, 15) is 4.79 Å². The van der Waals surface area contributed by atoms with Crippen molar-refractivity contribution in [1.82, 2.24) is 4.98 Å². The van der Waals surface area contributed by atoms with Crippen molar-refractivity contribution in [3.8, 4) is 5.75 Å². The molecule has 0 saturated heterocycles. The van der Waals surface area contributed by atoms with Gasteiger partial charge in [0.25, 0.3) is 5.91 Å². The summed E-state index contributed by atoms with van der Waals surface area (Å²) >= 11 is 6.18. The van der Waals surface area contributed by atoms with Gasteiger partial charge in [-0.1, -0.05) is 29.8 Å². The Kier molecular flexibility index (Phi) is 3.39. The van der Waals surface area contributed by atoms with Crippen molar-refractivity contribution in [2.45, 2.75) is 12.5 Å². The minimum atomic E-state index is -0.526. The molecule has 4 rings (SSSR count). The van der Waals surface area contributed by atoms with Crippen molar-refractivity contribution < 1.29 is 9.53 Å². The van der Waals surface area contributed by atoms with Crippen LogP contribution in [-0.4, -0.2) is 17.0 Å². The number of fused-ring (bicyclic) bond motifs is 2. The predicted molar refractivity (Wildman–Crippen MR) is 89.9 cm³/mol. The van der Waals surface area contributed by atoms with Gasteiger partial charge in [-0.05, 0) is 35.9 Å². The van der Waals surface area contributed by atoms with E-state index in [2.05, 4.69) is 10.3 Å². The Bertz CT molecular complexity index is 885. The van der Waals surface area contributed by atoms with Crippen LogP contribution in [0.3, 0.4) is 0 Å². The molecule has 0 spiro atoms. The summed E-state index contributed by atoms with van der Waals surface area (Å²) < 4.78 is 5.72. The first-order valence-corrected chi connectivity index (χ1v) is 7.69. The number of para-hydroxylation sites is 1. The number of pyridine rings is 1. The highest BCUT2D eigenvalue weighted by molar-refractivity contribution is 6.35. The number of hydrogen-bond acceptors (Lipinski definition) is 3. The number of rotatable bonds is 2. The molecular formula is C18H13ClN2O2. The highest BCUT2D eigenvalue weighted by Crippen LogP contribution is 2.31. The molecule has 1 atom stereocenters. The quantitative estimate of drug-likeness (QED) is 0.779. The van der Waals surface area contributed by atoms with E-state index in [1.54, 1.807) is 18.3 Å². The molecule has 2 heterocycles. The van der Waals surface area contributed by atoms with E-state index < -0.39 is 6.10 Å². The zero-order valence-electron chi connectivity index (χ0n) is 12.1. The second kappa shape index (κ2) is 5.56. The lowest BCUT2D eigenvalue weighted by atomic mass is 10.1. The molecule has 1 amide bonds. The Balaban J connectivity index is 1.60. The largest absolute Gasteiger partial charge is 0.480 e. The van der Waals surface area contributed by atoms with Crippen molar-refractivity contribution in [3.05, 3.63) is 65.3 Å². The van der Waals surface area contributed by atoms with Crippen LogP contribution in [0, 0.1) is 0 Å². The maximum Gasteiger partial charge on any atom is 0.265 e. The van der Waals surface area contributed by atoms with E-state index in [4.69, 9.17) is 16.3 Å². The number of amides is 1. The molecule has 0 bridgehead atoms. The zero-order valence-corrected chi connectivity index (χ0v) is 12.9. The van der Waals surface area contributed by atoms with Gasteiger partial charge in [0.05, 0.1) is 16.2 Å². The molecule has 2 aromatic carbocycles. The molecule has 4 nitrogen and oxygen atoms in total. The summed E-state index contributed by atoms with van der Waals surface area (Å²) in [6.07, 6.45) is 1.72. The van der Waals surface area contributed by atoms with Crippen molar-refractivity contribution in [1.29, 1.82) is 0 Å². The summed E-state index contributed by atoms with van der Waals surface area (Å²) in [6.45, 7) is 0. The second-order valence-corrected chi connectivity index (χ2v) is 5.81. The van der Waals surface area contributed by atoms with Crippen molar-refractivity contribution in [3.63, 3.8) is 0 Å². The van der Waals surface area contributed by atoms with Gasteiger partial charge in [0.1, 0.15) is 5.75 Å². The van der Waals surface area contributed by atoms with E-state index in [1.165, 1.54) is 0 Å². The summed E-state index contributed by atoms with van der Waals surface area (Å²) in [5.41, 5.74) is 2.35. The average molecular weight is 325 g/mol. The molecule has 1 aromatic heterocycles. The summed E-state index contributed by atoms with van der Waals surface area (Å²) in [4.78, 5) is 16.8. The summed E-state index contributed by atoms with van der Waals surface area (Å²) in [6, 6.07) is 14.9. The van der Waals surface area contributed by atoms with Crippen LogP contribution in [0.4, 0.5) is 5.69 Å². The fourth-order valence-electron chi connectivity index (χ4n) is 2.78. The van der Waals surface area contributed by atoms with Crippen LogP contribution >= 0.6 is 11.6 Å². The fourth-order valence-corrected chi connectivity index (χ4v) is 3.00. The van der Waals surface area contributed by atoms with Crippen LogP contribution in [0.2, 0.25) is 5.02 Å². The van der Waals surface area contributed by atoms with Gasteiger partial charge in [-0.15, -0.1) is 0 Å².